The third-order valence-corrected chi connectivity index (χ3v) is 6.75. The first kappa shape index (κ1) is 19.1. The number of hydrogen-bond acceptors (Lipinski definition) is 3. The molecule has 0 amide bonds. The van der Waals surface area contributed by atoms with Gasteiger partial charge in [-0.05, 0) is 61.5 Å². The fraction of sp³-hybridized carbons (Fsp3) is 0.478. The quantitative estimate of drug-likeness (QED) is 0.787. The number of nitrogens with zero attached hydrogens (tertiary/aromatic N) is 2. The molecule has 0 saturated carbocycles. The van der Waals surface area contributed by atoms with Gasteiger partial charge in [0, 0.05) is 30.1 Å². The Balaban J connectivity index is 1.28. The van der Waals surface area contributed by atoms with E-state index < -0.39 is 0 Å². The highest BCUT2D eigenvalue weighted by atomic mass is 79.9. The van der Waals surface area contributed by atoms with E-state index in [1.165, 1.54) is 24.0 Å². The molecule has 2 fully saturated rings. The van der Waals surface area contributed by atoms with E-state index in [0.717, 1.165) is 43.6 Å². The summed E-state index contributed by atoms with van der Waals surface area (Å²) in [7, 11) is 0. The number of likely N-dealkylation sites (tertiary alicyclic amines) is 2. The molecule has 0 unspecified atom stereocenters. The number of aliphatic hydroxyl groups is 1. The van der Waals surface area contributed by atoms with E-state index in [1.54, 1.807) is 0 Å². The standard InChI is InChI=1S/C23H29BrN2O/c24-21-8-6-18(7-9-21)16-25-13-12-22(23(27)17-25)26-14-10-20(11-15-26)19-4-2-1-3-5-19/h1-9,20,22-23,27H,10-17H2/t22-,23+/m1/s1. The van der Waals surface area contributed by atoms with E-state index in [2.05, 4.69) is 80.3 Å². The molecule has 2 aromatic carbocycles. The maximum absolute atomic E-state index is 10.8. The van der Waals surface area contributed by atoms with Crippen molar-refractivity contribution < 1.29 is 5.11 Å². The highest BCUT2D eigenvalue weighted by molar-refractivity contribution is 9.10. The molecule has 0 bridgehead atoms. The first-order valence-electron chi connectivity index (χ1n) is 10.1. The van der Waals surface area contributed by atoms with Crippen LogP contribution in [0.5, 0.6) is 0 Å². The van der Waals surface area contributed by atoms with Crippen LogP contribution in [0.4, 0.5) is 0 Å². The van der Waals surface area contributed by atoms with E-state index in [-0.39, 0.29) is 6.10 Å². The zero-order valence-corrected chi connectivity index (χ0v) is 17.4. The second-order valence-corrected chi connectivity index (χ2v) is 8.92. The number of aliphatic hydroxyl groups excluding tert-OH is 1. The Bertz CT molecular complexity index is 713. The molecule has 144 valence electrons. The van der Waals surface area contributed by atoms with Crippen molar-refractivity contribution in [2.45, 2.75) is 43.9 Å². The number of rotatable bonds is 4. The number of benzene rings is 2. The second-order valence-electron chi connectivity index (χ2n) is 8.01. The molecule has 0 aliphatic carbocycles. The minimum atomic E-state index is -0.248. The minimum absolute atomic E-state index is 0.248. The van der Waals surface area contributed by atoms with E-state index >= 15 is 0 Å². The molecule has 2 aromatic rings. The number of hydrogen-bond donors (Lipinski definition) is 1. The van der Waals surface area contributed by atoms with Crippen molar-refractivity contribution in [1.29, 1.82) is 0 Å². The van der Waals surface area contributed by atoms with Crippen LogP contribution in [0, 0.1) is 0 Å². The summed E-state index contributed by atoms with van der Waals surface area (Å²) in [6.45, 7) is 4.98. The van der Waals surface area contributed by atoms with E-state index in [0.29, 0.717) is 12.0 Å². The Morgan fingerprint density at radius 2 is 1.59 bits per heavy atom. The van der Waals surface area contributed by atoms with Crippen molar-refractivity contribution in [2.75, 3.05) is 26.2 Å². The lowest BCUT2D eigenvalue weighted by molar-refractivity contribution is -0.0231. The Labute approximate surface area is 171 Å². The highest BCUT2D eigenvalue weighted by Gasteiger charge is 2.34. The third-order valence-electron chi connectivity index (χ3n) is 6.22. The molecule has 27 heavy (non-hydrogen) atoms. The minimum Gasteiger partial charge on any atom is -0.390 e. The first-order valence-corrected chi connectivity index (χ1v) is 10.9. The molecule has 2 saturated heterocycles. The van der Waals surface area contributed by atoms with Crippen LogP contribution < -0.4 is 0 Å². The molecule has 0 radical (unpaired) electrons. The molecular weight excluding hydrogens is 400 g/mol. The molecule has 3 nitrogen and oxygen atoms in total. The average molecular weight is 429 g/mol. The summed E-state index contributed by atoms with van der Waals surface area (Å²) in [5.41, 5.74) is 2.79. The normalized spacial score (nSPS) is 25.6. The molecule has 2 aliphatic rings. The number of β-amino-alcohol motifs (C(OH)–C–C–N with tert-alkyl or cyclic N) is 1. The number of halogens is 1. The monoisotopic (exact) mass is 428 g/mol. The van der Waals surface area contributed by atoms with Gasteiger partial charge in [0.05, 0.1) is 6.10 Å². The van der Waals surface area contributed by atoms with Gasteiger partial charge in [-0.2, -0.15) is 0 Å². The SMILES string of the molecule is O[C@H]1CN(Cc2ccc(Br)cc2)CC[C@H]1N1CCC(c2ccccc2)CC1. The Morgan fingerprint density at radius 3 is 2.26 bits per heavy atom. The summed E-state index contributed by atoms with van der Waals surface area (Å²) in [5, 5.41) is 10.8. The van der Waals surface area contributed by atoms with Crippen molar-refractivity contribution in [1.82, 2.24) is 9.80 Å². The van der Waals surface area contributed by atoms with Crippen molar-refractivity contribution in [3.63, 3.8) is 0 Å². The van der Waals surface area contributed by atoms with Crippen molar-refractivity contribution >= 4 is 15.9 Å². The molecule has 0 spiro atoms. The summed E-state index contributed by atoms with van der Waals surface area (Å²) in [4.78, 5) is 4.93. The lowest BCUT2D eigenvalue weighted by Crippen LogP contribution is -2.55. The Hall–Kier alpha value is -1.20. The molecule has 2 atom stereocenters. The molecule has 4 rings (SSSR count). The summed E-state index contributed by atoms with van der Waals surface area (Å²) in [6, 6.07) is 19.7. The predicted molar refractivity (Wildman–Crippen MR) is 114 cm³/mol. The van der Waals surface area contributed by atoms with Crippen LogP contribution >= 0.6 is 15.9 Å². The van der Waals surface area contributed by atoms with Gasteiger partial charge in [-0.3, -0.25) is 9.80 Å². The van der Waals surface area contributed by atoms with Gasteiger partial charge in [-0.15, -0.1) is 0 Å². The predicted octanol–water partition coefficient (Wildman–Crippen LogP) is 4.26. The van der Waals surface area contributed by atoms with E-state index in [4.69, 9.17) is 0 Å². The summed E-state index contributed by atoms with van der Waals surface area (Å²) < 4.78 is 1.11. The maximum atomic E-state index is 10.8. The fourth-order valence-corrected chi connectivity index (χ4v) is 4.96. The number of piperidine rings is 2. The summed E-state index contributed by atoms with van der Waals surface area (Å²) in [5.74, 6) is 0.678. The van der Waals surface area contributed by atoms with Gasteiger partial charge in [0.1, 0.15) is 0 Å². The zero-order valence-electron chi connectivity index (χ0n) is 15.8. The van der Waals surface area contributed by atoms with Gasteiger partial charge >= 0.3 is 0 Å². The lowest BCUT2D eigenvalue weighted by Gasteiger charge is -2.44. The van der Waals surface area contributed by atoms with E-state index in [1.807, 2.05) is 0 Å². The second kappa shape index (κ2) is 8.87. The zero-order chi connectivity index (χ0) is 18.6. The molecule has 2 heterocycles. The Kier molecular flexibility index (Phi) is 6.28. The van der Waals surface area contributed by atoms with Gasteiger partial charge in [-0.1, -0.05) is 58.4 Å². The van der Waals surface area contributed by atoms with Crippen LogP contribution in [-0.2, 0) is 6.54 Å². The molecular formula is C23H29BrN2O. The van der Waals surface area contributed by atoms with Crippen molar-refractivity contribution in [2.24, 2.45) is 0 Å². The van der Waals surface area contributed by atoms with Crippen molar-refractivity contribution in [3.8, 4) is 0 Å². The van der Waals surface area contributed by atoms with Gasteiger partial charge in [0.2, 0.25) is 0 Å². The van der Waals surface area contributed by atoms with Crippen LogP contribution in [0.25, 0.3) is 0 Å². The smallest absolute Gasteiger partial charge is 0.0822 e. The van der Waals surface area contributed by atoms with E-state index in [9.17, 15) is 5.11 Å². The van der Waals surface area contributed by atoms with Crippen molar-refractivity contribution in [3.05, 3.63) is 70.2 Å². The van der Waals surface area contributed by atoms with Crippen LogP contribution in [-0.4, -0.2) is 53.2 Å². The van der Waals surface area contributed by atoms with Gasteiger partial charge in [0.15, 0.2) is 0 Å². The maximum Gasteiger partial charge on any atom is 0.0822 e. The summed E-state index contributed by atoms with van der Waals surface area (Å²) >= 11 is 3.49. The van der Waals surface area contributed by atoms with Crippen LogP contribution in [0.1, 0.15) is 36.3 Å². The molecule has 2 aliphatic heterocycles. The highest BCUT2D eigenvalue weighted by Crippen LogP contribution is 2.30. The molecule has 0 aromatic heterocycles. The van der Waals surface area contributed by atoms with Crippen LogP contribution in [0.3, 0.4) is 0 Å². The topological polar surface area (TPSA) is 26.7 Å². The van der Waals surface area contributed by atoms with Gasteiger partial charge in [0.25, 0.3) is 0 Å². The first-order chi connectivity index (χ1) is 13.2. The van der Waals surface area contributed by atoms with Crippen LogP contribution in [0.2, 0.25) is 0 Å². The average Bonchev–Trinajstić information content (AvgIpc) is 2.71. The van der Waals surface area contributed by atoms with Crippen LogP contribution in [0.15, 0.2) is 59.1 Å². The summed E-state index contributed by atoms with van der Waals surface area (Å²) in [6.07, 6.45) is 3.22. The lowest BCUT2D eigenvalue weighted by atomic mass is 9.87. The van der Waals surface area contributed by atoms with Gasteiger partial charge < -0.3 is 5.11 Å². The van der Waals surface area contributed by atoms with Gasteiger partial charge in [-0.25, -0.2) is 0 Å². The third kappa shape index (κ3) is 4.80. The molecule has 4 heteroatoms. The molecule has 1 N–H and O–H groups in total. The fourth-order valence-electron chi connectivity index (χ4n) is 4.69. The Morgan fingerprint density at radius 1 is 0.889 bits per heavy atom. The largest absolute Gasteiger partial charge is 0.390 e.